The summed E-state index contributed by atoms with van der Waals surface area (Å²) in [5.41, 5.74) is 0.764. The zero-order chi connectivity index (χ0) is 15.6. The van der Waals surface area contributed by atoms with Crippen molar-refractivity contribution >= 4 is 22.6 Å². The number of nitrogens with zero attached hydrogens (tertiary/aromatic N) is 2. The van der Waals surface area contributed by atoms with Gasteiger partial charge in [-0.2, -0.15) is 13.2 Å². The van der Waals surface area contributed by atoms with E-state index in [4.69, 9.17) is 11.6 Å². The van der Waals surface area contributed by atoms with Crippen molar-refractivity contribution in [3.63, 3.8) is 0 Å². The van der Waals surface area contributed by atoms with Gasteiger partial charge < -0.3 is 4.57 Å². The molecule has 1 aromatic carbocycles. The fraction of sp³-hybridized carbons (Fsp3) is 0.500. The van der Waals surface area contributed by atoms with Crippen LogP contribution in [0, 0.1) is 5.82 Å². The summed E-state index contributed by atoms with van der Waals surface area (Å²) in [6, 6.07) is 4.54. The Balaban J connectivity index is 2.21. The maximum Gasteiger partial charge on any atom is 0.389 e. The molecule has 1 unspecified atom stereocenters. The van der Waals surface area contributed by atoms with Crippen LogP contribution in [0.2, 0.25) is 0 Å². The van der Waals surface area contributed by atoms with Gasteiger partial charge in [-0.1, -0.05) is 6.07 Å². The largest absolute Gasteiger partial charge is 0.389 e. The van der Waals surface area contributed by atoms with Crippen molar-refractivity contribution in [2.75, 3.05) is 0 Å². The number of fused-ring (bicyclic) bond motifs is 1. The van der Waals surface area contributed by atoms with Crippen LogP contribution >= 0.6 is 11.6 Å². The molecule has 2 nitrogen and oxygen atoms in total. The van der Waals surface area contributed by atoms with Crippen LogP contribution in [-0.4, -0.2) is 15.7 Å². The highest BCUT2D eigenvalue weighted by Crippen LogP contribution is 2.27. The van der Waals surface area contributed by atoms with E-state index in [-0.39, 0.29) is 11.9 Å². The number of benzene rings is 1. The first kappa shape index (κ1) is 16.1. The predicted molar refractivity (Wildman–Crippen MR) is 73.9 cm³/mol. The van der Waals surface area contributed by atoms with Crippen molar-refractivity contribution < 1.29 is 17.6 Å². The van der Waals surface area contributed by atoms with Gasteiger partial charge in [0.2, 0.25) is 0 Å². The monoisotopic (exact) mass is 322 g/mol. The second-order valence-electron chi connectivity index (χ2n) is 4.92. The first-order valence-corrected chi connectivity index (χ1v) is 7.08. The van der Waals surface area contributed by atoms with Gasteiger partial charge in [-0.25, -0.2) is 9.37 Å². The Bertz CT molecular complexity index is 619. The Labute approximate surface area is 124 Å². The number of unbranched alkanes of at least 4 members (excludes halogenated alkanes) is 1. The molecule has 0 bridgehead atoms. The predicted octanol–water partition coefficient (Wildman–Crippen LogP) is 5.21. The molecule has 1 heterocycles. The average Bonchev–Trinajstić information content (AvgIpc) is 2.74. The summed E-state index contributed by atoms with van der Waals surface area (Å²) in [7, 11) is 0. The lowest BCUT2D eigenvalue weighted by Crippen LogP contribution is -2.09. The Morgan fingerprint density at radius 2 is 2.00 bits per heavy atom. The van der Waals surface area contributed by atoms with Crippen molar-refractivity contribution in [2.24, 2.45) is 0 Å². The number of aryl methyl sites for hydroxylation is 1. The third-order valence-electron chi connectivity index (χ3n) is 3.21. The maximum absolute atomic E-state index is 13.7. The number of hydrogen-bond acceptors (Lipinski definition) is 1. The number of rotatable bonds is 5. The fourth-order valence-electron chi connectivity index (χ4n) is 2.26. The molecule has 0 aliphatic heterocycles. The van der Waals surface area contributed by atoms with Gasteiger partial charge in [0.05, 0.1) is 10.9 Å². The van der Waals surface area contributed by atoms with Crippen molar-refractivity contribution in [1.82, 2.24) is 9.55 Å². The molecule has 116 valence electrons. The van der Waals surface area contributed by atoms with Crippen LogP contribution < -0.4 is 0 Å². The van der Waals surface area contributed by atoms with Crippen LogP contribution in [0.15, 0.2) is 18.2 Å². The van der Waals surface area contributed by atoms with E-state index in [9.17, 15) is 17.6 Å². The van der Waals surface area contributed by atoms with E-state index in [0.29, 0.717) is 24.3 Å². The normalized spacial score (nSPS) is 13.8. The standard InChI is InChI=1S/C14H15ClF4N2/c1-9(15)13-20-12-10(16)5-4-6-11(12)21(13)8-3-2-7-14(17,18)19/h4-6,9H,2-3,7-8H2,1H3. The number of imidazole rings is 1. The SMILES string of the molecule is CC(Cl)c1nc2c(F)cccc2n1CCCCC(F)(F)F. The molecule has 1 atom stereocenters. The molecule has 21 heavy (non-hydrogen) atoms. The highest BCUT2D eigenvalue weighted by molar-refractivity contribution is 6.20. The highest BCUT2D eigenvalue weighted by Gasteiger charge is 2.26. The van der Waals surface area contributed by atoms with E-state index in [0.717, 1.165) is 0 Å². The van der Waals surface area contributed by atoms with Crippen molar-refractivity contribution in [1.29, 1.82) is 0 Å². The quantitative estimate of drug-likeness (QED) is 0.420. The van der Waals surface area contributed by atoms with E-state index < -0.39 is 23.8 Å². The van der Waals surface area contributed by atoms with Gasteiger partial charge in [-0.05, 0) is 31.9 Å². The second kappa shape index (κ2) is 6.22. The van der Waals surface area contributed by atoms with Gasteiger partial charge in [0.15, 0.2) is 5.82 Å². The van der Waals surface area contributed by atoms with E-state index in [1.54, 1.807) is 23.6 Å². The molecule has 0 aliphatic rings. The van der Waals surface area contributed by atoms with Gasteiger partial charge in [-0.3, -0.25) is 0 Å². The lowest BCUT2D eigenvalue weighted by molar-refractivity contribution is -0.135. The zero-order valence-electron chi connectivity index (χ0n) is 11.4. The second-order valence-corrected chi connectivity index (χ2v) is 5.57. The first-order valence-electron chi connectivity index (χ1n) is 6.65. The van der Waals surface area contributed by atoms with Crippen molar-refractivity contribution in [3.05, 3.63) is 29.8 Å². The molecule has 0 radical (unpaired) electrons. The molecule has 0 N–H and O–H groups in total. The molecule has 0 spiro atoms. The van der Waals surface area contributed by atoms with E-state index >= 15 is 0 Å². The average molecular weight is 323 g/mol. The lowest BCUT2D eigenvalue weighted by atomic mass is 10.2. The molecule has 0 amide bonds. The van der Waals surface area contributed by atoms with Crippen LogP contribution in [0.4, 0.5) is 17.6 Å². The van der Waals surface area contributed by atoms with Crippen molar-refractivity contribution in [2.45, 2.75) is 44.3 Å². The third-order valence-corrected chi connectivity index (χ3v) is 3.40. The summed E-state index contributed by atoms with van der Waals surface area (Å²) in [6.45, 7) is 2.04. The summed E-state index contributed by atoms with van der Waals surface area (Å²) in [4.78, 5) is 4.17. The molecule has 1 aromatic heterocycles. The van der Waals surface area contributed by atoms with E-state index in [1.165, 1.54) is 6.07 Å². The Morgan fingerprint density at radius 3 is 2.62 bits per heavy atom. The minimum absolute atomic E-state index is 0.0224. The fourth-order valence-corrected chi connectivity index (χ4v) is 2.43. The summed E-state index contributed by atoms with van der Waals surface area (Å²) in [5.74, 6) is 0.0175. The Hall–Kier alpha value is -1.30. The van der Waals surface area contributed by atoms with Crippen LogP contribution in [0.1, 0.15) is 37.4 Å². The topological polar surface area (TPSA) is 17.8 Å². The number of halogens is 5. The van der Waals surface area contributed by atoms with Crippen LogP contribution in [-0.2, 0) is 6.54 Å². The minimum Gasteiger partial charge on any atom is -0.327 e. The van der Waals surface area contributed by atoms with Crippen molar-refractivity contribution in [3.8, 4) is 0 Å². The molecule has 2 rings (SSSR count). The smallest absolute Gasteiger partial charge is 0.327 e. The van der Waals surface area contributed by atoms with Gasteiger partial charge >= 0.3 is 6.18 Å². The van der Waals surface area contributed by atoms with Gasteiger partial charge in [0.1, 0.15) is 11.3 Å². The van der Waals surface area contributed by atoms with Crippen LogP contribution in [0.3, 0.4) is 0 Å². The van der Waals surface area contributed by atoms with Gasteiger partial charge in [-0.15, -0.1) is 11.6 Å². The minimum atomic E-state index is -4.15. The van der Waals surface area contributed by atoms with Gasteiger partial charge in [0, 0.05) is 13.0 Å². The molecule has 0 saturated heterocycles. The molecular weight excluding hydrogens is 308 g/mol. The summed E-state index contributed by atoms with van der Waals surface area (Å²) >= 11 is 6.03. The summed E-state index contributed by atoms with van der Waals surface area (Å²) in [5, 5.41) is -0.445. The molecule has 2 aromatic rings. The Kier molecular flexibility index (Phi) is 4.76. The van der Waals surface area contributed by atoms with E-state index in [2.05, 4.69) is 4.98 Å². The number of alkyl halides is 4. The highest BCUT2D eigenvalue weighted by atomic mass is 35.5. The first-order chi connectivity index (χ1) is 9.79. The molecule has 0 aliphatic carbocycles. The van der Waals surface area contributed by atoms with E-state index in [1.807, 2.05) is 0 Å². The number of para-hydroxylation sites is 1. The number of aromatic nitrogens is 2. The molecule has 0 fully saturated rings. The summed E-state index contributed by atoms with van der Waals surface area (Å²) < 4.78 is 51.9. The lowest BCUT2D eigenvalue weighted by Gasteiger charge is -2.11. The maximum atomic E-state index is 13.7. The van der Waals surface area contributed by atoms with Crippen LogP contribution in [0.5, 0.6) is 0 Å². The van der Waals surface area contributed by atoms with Crippen LogP contribution in [0.25, 0.3) is 11.0 Å². The molecular formula is C14H15ClF4N2. The third kappa shape index (κ3) is 3.87. The molecule has 0 saturated carbocycles. The number of hydrogen-bond donors (Lipinski definition) is 0. The summed E-state index contributed by atoms with van der Waals surface area (Å²) in [6.07, 6.45) is -4.61. The molecule has 7 heteroatoms. The zero-order valence-corrected chi connectivity index (χ0v) is 12.2. The van der Waals surface area contributed by atoms with Gasteiger partial charge in [0.25, 0.3) is 0 Å². The Morgan fingerprint density at radius 1 is 1.29 bits per heavy atom.